The van der Waals surface area contributed by atoms with Crippen LogP contribution in [0.25, 0.3) is 0 Å². The Balaban J connectivity index is 2.38. The zero-order chi connectivity index (χ0) is 15.2. The molecule has 0 aliphatic rings. The first-order valence-electron chi connectivity index (χ1n) is 6.48. The van der Waals surface area contributed by atoms with Gasteiger partial charge in [-0.3, -0.25) is 4.79 Å². The average Bonchev–Trinajstić information content (AvgIpc) is 2.43. The van der Waals surface area contributed by atoms with Crippen LogP contribution in [0.15, 0.2) is 28.7 Å². The molecule has 0 bridgehead atoms. The van der Waals surface area contributed by atoms with Crippen LogP contribution in [0.5, 0.6) is 5.75 Å². The summed E-state index contributed by atoms with van der Waals surface area (Å²) < 4.78 is 6.42. The van der Waals surface area contributed by atoms with Crippen molar-refractivity contribution >= 4 is 21.8 Å². The number of rotatable bonds is 8. The maximum atomic E-state index is 11.3. The number of carbonyl (C=O) groups excluding carboxylic acids is 1. The molecule has 0 aliphatic heterocycles. The van der Waals surface area contributed by atoms with Crippen molar-refractivity contribution in [1.82, 2.24) is 5.32 Å². The van der Waals surface area contributed by atoms with Crippen molar-refractivity contribution in [3.63, 3.8) is 0 Å². The quantitative estimate of drug-likeness (QED) is 0.666. The lowest BCUT2D eigenvalue weighted by Gasteiger charge is -2.27. The molecule has 112 valence electrons. The Kier molecular flexibility index (Phi) is 6.45. The highest BCUT2D eigenvalue weighted by molar-refractivity contribution is 9.10. The summed E-state index contributed by atoms with van der Waals surface area (Å²) in [6.07, 6.45) is -0.160. The van der Waals surface area contributed by atoms with E-state index in [4.69, 9.17) is 10.5 Å². The van der Waals surface area contributed by atoms with E-state index in [1.54, 1.807) is 6.92 Å². The summed E-state index contributed by atoms with van der Waals surface area (Å²) in [4.78, 5) is 11.3. The molecular formula is C14H21BrN2O3. The van der Waals surface area contributed by atoms with Crippen molar-refractivity contribution in [2.24, 2.45) is 5.73 Å². The monoisotopic (exact) mass is 344 g/mol. The van der Waals surface area contributed by atoms with Crippen LogP contribution in [0.1, 0.15) is 20.3 Å². The fraction of sp³-hybridized carbons (Fsp3) is 0.500. The van der Waals surface area contributed by atoms with E-state index in [9.17, 15) is 9.90 Å². The molecule has 4 N–H and O–H groups in total. The highest BCUT2D eigenvalue weighted by Crippen LogP contribution is 2.16. The Hall–Kier alpha value is -1.11. The maximum absolute atomic E-state index is 11.3. The van der Waals surface area contributed by atoms with Crippen molar-refractivity contribution < 1.29 is 14.6 Å². The summed E-state index contributed by atoms with van der Waals surface area (Å²) in [6.45, 7) is 3.97. The number of carbonyl (C=O) groups is 1. The lowest BCUT2D eigenvalue weighted by atomic mass is 9.98. The zero-order valence-electron chi connectivity index (χ0n) is 11.7. The first-order valence-corrected chi connectivity index (χ1v) is 7.28. The van der Waals surface area contributed by atoms with Gasteiger partial charge in [0.1, 0.15) is 18.5 Å². The molecule has 2 atom stereocenters. The molecule has 1 aromatic rings. The molecule has 5 nitrogen and oxygen atoms in total. The third kappa shape index (κ3) is 5.11. The highest BCUT2D eigenvalue weighted by atomic mass is 79.9. The molecule has 0 heterocycles. The maximum Gasteiger partial charge on any atom is 0.237 e. The topological polar surface area (TPSA) is 84.6 Å². The fourth-order valence-electron chi connectivity index (χ4n) is 1.51. The van der Waals surface area contributed by atoms with E-state index in [-0.39, 0.29) is 13.2 Å². The van der Waals surface area contributed by atoms with Gasteiger partial charge in [-0.2, -0.15) is 0 Å². The van der Waals surface area contributed by atoms with E-state index in [2.05, 4.69) is 21.2 Å². The van der Waals surface area contributed by atoms with Gasteiger partial charge >= 0.3 is 0 Å². The minimum absolute atomic E-state index is 0.146. The minimum atomic E-state index is -0.807. The van der Waals surface area contributed by atoms with Crippen LogP contribution in [0, 0.1) is 0 Å². The Bertz CT molecular complexity index is 439. The van der Waals surface area contributed by atoms with E-state index in [0.29, 0.717) is 12.2 Å². The van der Waals surface area contributed by atoms with Crippen molar-refractivity contribution in [1.29, 1.82) is 0 Å². The van der Waals surface area contributed by atoms with Crippen molar-refractivity contribution in [3.05, 3.63) is 28.7 Å². The number of halogens is 1. The number of nitrogens with two attached hydrogens (primary N) is 1. The minimum Gasteiger partial charge on any atom is -0.491 e. The van der Waals surface area contributed by atoms with Crippen LogP contribution < -0.4 is 15.8 Å². The SMILES string of the molecule is CCC(C)(NCC(O)COc1ccc(Br)cc1)C(N)=O. The molecule has 0 spiro atoms. The molecule has 0 saturated carbocycles. The average molecular weight is 345 g/mol. The van der Waals surface area contributed by atoms with Gasteiger partial charge in [0.05, 0.1) is 5.54 Å². The van der Waals surface area contributed by atoms with Gasteiger partial charge in [-0.25, -0.2) is 0 Å². The Labute approximate surface area is 127 Å². The summed E-state index contributed by atoms with van der Waals surface area (Å²) in [5.74, 6) is 0.251. The van der Waals surface area contributed by atoms with E-state index in [1.807, 2.05) is 31.2 Å². The van der Waals surface area contributed by atoms with Crippen LogP contribution in [0.4, 0.5) is 0 Å². The summed E-state index contributed by atoms with van der Waals surface area (Å²) in [5, 5.41) is 12.8. The molecule has 1 rings (SSSR count). The van der Waals surface area contributed by atoms with Gasteiger partial charge in [-0.05, 0) is 37.6 Å². The van der Waals surface area contributed by atoms with Crippen molar-refractivity contribution in [2.45, 2.75) is 31.9 Å². The first kappa shape index (κ1) is 16.9. The van der Waals surface area contributed by atoms with E-state index >= 15 is 0 Å². The number of hydrogen-bond donors (Lipinski definition) is 3. The molecule has 20 heavy (non-hydrogen) atoms. The van der Waals surface area contributed by atoms with Gasteiger partial charge in [0.15, 0.2) is 0 Å². The number of benzene rings is 1. The molecular weight excluding hydrogens is 324 g/mol. The predicted molar refractivity (Wildman–Crippen MR) is 81.5 cm³/mol. The number of aliphatic hydroxyl groups is 1. The van der Waals surface area contributed by atoms with E-state index in [1.165, 1.54) is 0 Å². The first-order chi connectivity index (χ1) is 9.37. The molecule has 0 aromatic heterocycles. The van der Waals surface area contributed by atoms with Gasteiger partial charge in [0, 0.05) is 11.0 Å². The smallest absolute Gasteiger partial charge is 0.237 e. The van der Waals surface area contributed by atoms with Crippen LogP contribution >= 0.6 is 15.9 Å². The molecule has 1 aromatic carbocycles. The Morgan fingerprint density at radius 3 is 2.60 bits per heavy atom. The number of amides is 1. The number of β-amino-alcohol motifs (C(OH)–C–C–N with tert-alkyl or cyclic N) is 1. The molecule has 0 fully saturated rings. The van der Waals surface area contributed by atoms with Crippen LogP contribution in [-0.4, -0.2) is 35.8 Å². The zero-order valence-corrected chi connectivity index (χ0v) is 13.3. The second-order valence-corrected chi connectivity index (χ2v) is 5.77. The normalized spacial score (nSPS) is 15.4. The second-order valence-electron chi connectivity index (χ2n) is 4.85. The van der Waals surface area contributed by atoms with Gasteiger partial charge in [-0.1, -0.05) is 22.9 Å². The van der Waals surface area contributed by atoms with Gasteiger partial charge in [0.25, 0.3) is 0 Å². The largest absolute Gasteiger partial charge is 0.491 e. The summed E-state index contributed by atoms with van der Waals surface area (Å²) in [6, 6.07) is 7.34. The molecule has 6 heteroatoms. The third-order valence-electron chi connectivity index (χ3n) is 3.23. The van der Waals surface area contributed by atoms with Crippen molar-refractivity contribution in [2.75, 3.05) is 13.2 Å². The predicted octanol–water partition coefficient (Wildman–Crippen LogP) is 1.43. The number of ether oxygens (including phenoxy) is 1. The number of nitrogens with one attached hydrogen (secondary N) is 1. The third-order valence-corrected chi connectivity index (χ3v) is 3.76. The fourth-order valence-corrected chi connectivity index (χ4v) is 1.78. The number of aliphatic hydroxyl groups excluding tert-OH is 1. The highest BCUT2D eigenvalue weighted by Gasteiger charge is 2.28. The van der Waals surface area contributed by atoms with Crippen LogP contribution in [-0.2, 0) is 4.79 Å². The van der Waals surface area contributed by atoms with Gasteiger partial charge in [0.2, 0.25) is 5.91 Å². The molecule has 2 unspecified atom stereocenters. The molecule has 1 amide bonds. The number of hydrogen-bond acceptors (Lipinski definition) is 4. The van der Waals surface area contributed by atoms with Crippen LogP contribution in [0.3, 0.4) is 0 Å². The molecule has 0 saturated heterocycles. The summed E-state index contributed by atoms with van der Waals surface area (Å²) in [5.41, 5.74) is 4.52. The molecule has 0 radical (unpaired) electrons. The van der Waals surface area contributed by atoms with Crippen LogP contribution in [0.2, 0.25) is 0 Å². The Morgan fingerprint density at radius 2 is 2.10 bits per heavy atom. The van der Waals surface area contributed by atoms with E-state index < -0.39 is 17.6 Å². The molecule has 0 aliphatic carbocycles. The summed E-state index contributed by atoms with van der Waals surface area (Å²) >= 11 is 3.33. The van der Waals surface area contributed by atoms with Crippen molar-refractivity contribution in [3.8, 4) is 5.75 Å². The van der Waals surface area contributed by atoms with E-state index in [0.717, 1.165) is 4.47 Å². The standard InChI is InChI=1S/C14H21BrN2O3/c1-3-14(2,13(16)19)17-8-11(18)9-20-12-6-4-10(15)5-7-12/h4-7,11,17-18H,3,8-9H2,1-2H3,(H2,16,19). The summed E-state index contributed by atoms with van der Waals surface area (Å²) in [7, 11) is 0. The van der Waals surface area contributed by atoms with Gasteiger partial charge in [-0.15, -0.1) is 0 Å². The Morgan fingerprint density at radius 1 is 1.50 bits per heavy atom. The lowest BCUT2D eigenvalue weighted by Crippen LogP contribution is -2.55. The van der Waals surface area contributed by atoms with Gasteiger partial charge < -0.3 is 20.9 Å². The second kappa shape index (κ2) is 7.61. The number of primary amides is 1. The lowest BCUT2D eigenvalue weighted by molar-refractivity contribution is -0.124.